The summed E-state index contributed by atoms with van der Waals surface area (Å²) in [6.45, 7) is 0. The maximum Gasteiger partial charge on any atom is 0.335 e. The lowest BCUT2D eigenvalue weighted by Crippen LogP contribution is -2.12. The molecule has 1 aromatic carbocycles. The van der Waals surface area contributed by atoms with Gasteiger partial charge in [-0.05, 0) is 24.3 Å². The first-order valence-electron chi connectivity index (χ1n) is 6.82. The molecular weight excluding hydrogens is 334 g/mol. The average molecular weight is 347 g/mol. The fourth-order valence-electron chi connectivity index (χ4n) is 1.77. The molecule has 0 aliphatic heterocycles. The highest BCUT2D eigenvalue weighted by atomic mass is 32.2. The SMILES string of the molecule is O=C(CCSc1ccc([N+](=O)[O-])cn1)Nc1cccc(C(=O)O)c1. The molecule has 124 valence electrons. The Balaban J connectivity index is 1.82. The number of nitrogens with zero attached hydrogens (tertiary/aromatic N) is 2. The van der Waals surface area contributed by atoms with Crippen molar-refractivity contribution in [1.82, 2.24) is 4.98 Å². The first-order chi connectivity index (χ1) is 11.5. The van der Waals surface area contributed by atoms with E-state index in [0.29, 0.717) is 16.5 Å². The zero-order valence-corrected chi connectivity index (χ0v) is 13.2. The normalized spacial score (nSPS) is 10.2. The van der Waals surface area contributed by atoms with Gasteiger partial charge in [0.1, 0.15) is 6.20 Å². The molecule has 0 aliphatic rings. The van der Waals surface area contributed by atoms with Gasteiger partial charge in [-0.3, -0.25) is 14.9 Å². The minimum absolute atomic E-state index is 0.0876. The summed E-state index contributed by atoms with van der Waals surface area (Å²) in [4.78, 5) is 36.6. The van der Waals surface area contributed by atoms with E-state index in [9.17, 15) is 19.7 Å². The van der Waals surface area contributed by atoms with Crippen LogP contribution in [0.25, 0.3) is 0 Å². The molecule has 0 spiro atoms. The van der Waals surface area contributed by atoms with Crippen LogP contribution < -0.4 is 5.32 Å². The van der Waals surface area contributed by atoms with E-state index in [2.05, 4.69) is 10.3 Å². The monoisotopic (exact) mass is 347 g/mol. The minimum atomic E-state index is -1.06. The Labute approximate surface area is 141 Å². The van der Waals surface area contributed by atoms with Gasteiger partial charge in [0.2, 0.25) is 5.91 Å². The molecule has 0 saturated carbocycles. The summed E-state index contributed by atoms with van der Waals surface area (Å²) >= 11 is 1.30. The second-order valence-electron chi connectivity index (χ2n) is 4.64. The van der Waals surface area contributed by atoms with Gasteiger partial charge in [0.25, 0.3) is 5.69 Å². The highest BCUT2D eigenvalue weighted by Crippen LogP contribution is 2.19. The number of nitrogens with one attached hydrogen (secondary N) is 1. The summed E-state index contributed by atoms with van der Waals surface area (Å²) in [5, 5.41) is 22.6. The van der Waals surface area contributed by atoms with Crippen LogP contribution in [-0.2, 0) is 4.79 Å². The number of aromatic carboxylic acids is 1. The second kappa shape index (κ2) is 8.06. The summed E-state index contributed by atoms with van der Waals surface area (Å²) in [5.74, 6) is -0.882. The van der Waals surface area contributed by atoms with Gasteiger partial charge in [-0.1, -0.05) is 6.07 Å². The Kier molecular flexibility index (Phi) is 5.85. The van der Waals surface area contributed by atoms with E-state index in [1.165, 1.54) is 42.2 Å². The molecule has 0 fully saturated rings. The van der Waals surface area contributed by atoms with E-state index >= 15 is 0 Å². The summed E-state index contributed by atoms with van der Waals surface area (Å²) in [6, 6.07) is 8.85. The van der Waals surface area contributed by atoms with Crippen LogP contribution in [0.3, 0.4) is 0 Å². The predicted octanol–water partition coefficient (Wildman–Crippen LogP) is 2.81. The maximum atomic E-state index is 11.8. The third kappa shape index (κ3) is 5.06. The number of aromatic nitrogens is 1. The van der Waals surface area contributed by atoms with Crippen LogP contribution in [0.15, 0.2) is 47.6 Å². The molecule has 8 nitrogen and oxygen atoms in total. The smallest absolute Gasteiger partial charge is 0.335 e. The molecule has 0 atom stereocenters. The number of hydrogen-bond acceptors (Lipinski definition) is 6. The van der Waals surface area contributed by atoms with Crippen molar-refractivity contribution in [2.24, 2.45) is 0 Å². The number of pyridine rings is 1. The molecule has 24 heavy (non-hydrogen) atoms. The van der Waals surface area contributed by atoms with E-state index in [1.807, 2.05) is 0 Å². The van der Waals surface area contributed by atoms with Crippen molar-refractivity contribution in [3.8, 4) is 0 Å². The summed E-state index contributed by atoms with van der Waals surface area (Å²) in [7, 11) is 0. The van der Waals surface area contributed by atoms with Crippen LogP contribution in [0.2, 0.25) is 0 Å². The van der Waals surface area contributed by atoms with Gasteiger partial charge in [0.15, 0.2) is 0 Å². The van der Waals surface area contributed by atoms with Crippen molar-refractivity contribution < 1.29 is 19.6 Å². The van der Waals surface area contributed by atoms with E-state index < -0.39 is 10.9 Å². The zero-order valence-electron chi connectivity index (χ0n) is 12.3. The fraction of sp³-hybridized carbons (Fsp3) is 0.133. The highest BCUT2D eigenvalue weighted by molar-refractivity contribution is 7.99. The lowest BCUT2D eigenvalue weighted by molar-refractivity contribution is -0.385. The number of thioether (sulfide) groups is 1. The largest absolute Gasteiger partial charge is 0.478 e. The van der Waals surface area contributed by atoms with Crippen LogP contribution in [0.4, 0.5) is 11.4 Å². The third-order valence-electron chi connectivity index (χ3n) is 2.90. The number of anilines is 1. The summed E-state index contributed by atoms with van der Waals surface area (Å²) < 4.78 is 0. The maximum absolute atomic E-state index is 11.8. The van der Waals surface area contributed by atoms with Gasteiger partial charge in [-0.15, -0.1) is 11.8 Å². The molecule has 0 unspecified atom stereocenters. The second-order valence-corrected chi connectivity index (χ2v) is 5.76. The van der Waals surface area contributed by atoms with Crippen molar-refractivity contribution in [1.29, 1.82) is 0 Å². The molecule has 2 N–H and O–H groups in total. The van der Waals surface area contributed by atoms with Gasteiger partial charge in [0, 0.05) is 23.9 Å². The lowest BCUT2D eigenvalue weighted by Gasteiger charge is -2.06. The topological polar surface area (TPSA) is 122 Å². The molecule has 2 rings (SSSR count). The molecular formula is C15H13N3O5S. The molecule has 0 radical (unpaired) electrons. The first-order valence-corrected chi connectivity index (χ1v) is 7.81. The van der Waals surface area contributed by atoms with Crippen LogP contribution >= 0.6 is 11.8 Å². The van der Waals surface area contributed by atoms with E-state index in [4.69, 9.17) is 5.11 Å². The Morgan fingerprint density at radius 1 is 1.29 bits per heavy atom. The Bertz CT molecular complexity index is 764. The summed E-state index contributed by atoms with van der Waals surface area (Å²) in [6.07, 6.45) is 1.36. The lowest BCUT2D eigenvalue weighted by atomic mass is 10.2. The zero-order chi connectivity index (χ0) is 17.5. The van der Waals surface area contributed by atoms with Crippen molar-refractivity contribution in [3.05, 3.63) is 58.3 Å². The number of carbonyl (C=O) groups is 2. The number of carboxylic acids is 1. The van der Waals surface area contributed by atoms with Crippen molar-refractivity contribution >= 4 is 35.0 Å². The van der Waals surface area contributed by atoms with Gasteiger partial charge in [-0.2, -0.15) is 0 Å². The first kappa shape index (κ1) is 17.4. The number of carbonyl (C=O) groups excluding carboxylic acids is 1. The van der Waals surface area contributed by atoms with Crippen LogP contribution in [0, 0.1) is 10.1 Å². The fourth-order valence-corrected chi connectivity index (χ4v) is 2.56. The number of hydrogen-bond donors (Lipinski definition) is 2. The van der Waals surface area contributed by atoms with Crippen LogP contribution in [-0.4, -0.2) is 32.6 Å². The van der Waals surface area contributed by atoms with E-state index in [0.717, 1.165) is 0 Å². The van der Waals surface area contributed by atoms with Gasteiger partial charge in [-0.25, -0.2) is 9.78 Å². The predicted molar refractivity (Wildman–Crippen MR) is 88.3 cm³/mol. The van der Waals surface area contributed by atoms with E-state index in [1.54, 1.807) is 12.1 Å². The quantitative estimate of drug-likeness (QED) is 0.448. The summed E-state index contributed by atoms with van der Waals surface area (Å²) in [5.41, 5.74) is 0.422. The minimum Gasteiger partial charge on any atom is -0.478 e. The number of rotatable bonds is 7. The number of amides is 1. The molecule has 1 aromatic heterocycles. The van der Waals surface area contributed by atoms with Crippen molar-refractivity contribution in [2.75, 3.05) is 11.1 Å². The van der Waals surface area contributed by atoms with Crippen molar-refractivity contribution in [3.63, 3.8) is 0 Å². The standard InChI is InChI=1S/C15H13N3O5S/c19-13(17-11-3-1-2-10(8-11)15(20)21)6-7-24-14-5-4-12(9-16-14)18(22)23/h1-5,8-9H,6-7H2,(H,17,19)(H,20,21). The Morgan fingerprint density at radius 3 is 2.71 bits per heavy atom. The number of nitro groups is 1. The van der Waals surface area contributed by atoms with Crippen LogP contribution in [0.5, 0.6) is 0 Å². The molecule has 9 heteroatoms. The molecule has 1 heterocycles. The van der Waals surface area contributed by atoms with Gasteiger partial charge < -0.3 is 10.4 Å². The molecule has 0 saturated heterocycles. The Hall–Kier alpha value is -2.94. The van der Waals surface area contributed by atoms with Crippen LogP contribution in [0.1, 0.15) is 16.8 Å². The molecule has 0 bridgehead atoms. The van der Waals surface area contributed by atoms with Gasteiger partial charge in [0.05, 0.1) is 15.5 Å². The third-order valence-corrected chi connectivity index (χ3v) is 3.85. The number of carboxylic acid groups (broad SMARTS) is 1. The number of benzene rings is 1. The Morgan fingerprint density at radius 2 is 2.08 bits per heavy atom. The van der Waals surface area contributed by atoms with Crippen molar-refractivity contribution in [2.45, 2.75) is 11.4 Å². The molecule has 0 aliphatic carbocycles. The average Bonchev–Trinajstić information content (AvgIpc) is 2.55. The van der Waals surface area contributed by atoms with Gasteiger partial charge >= 0.3 is 5.97 Å². The van der Waals surface area contributed by atoms with E-state index in [-0.39, 0.29) is 23.6 Å². The molecule has 1 amide bonds. The molecule has 2 aromatic rings. The highest BCUT2D eigenvalue weighted by Gasteiger charge is 2.08.